The Hall–Kier alpha value is -0.920. The number of aromatic hydroxyl groups is 1. The van der Waals surface area contributed by atoms with E-state index in [-0.39, 0.29) is 7.18 Å². The van der Waals surface area contributed by atoms with Gasteiger partial charge in [-0.3, -0.25) is 0 Å². The molecule has 0 unspecified atom stereocenters. The van der Waals surface area contributed by atoms with Crippen molar-refractivity contribution < 1.29 is 11.0 Å². The van der Waals surface area contributed by atoms with Crippen LogP contribution < -0.4 is 0 Å². The molecule has 0 atom stereocenters. The van der Waals surface area contributed by atoms with Gasteiger partial charge in [-0.2, -0.15) is 0 Å². The van der Waals surface area contributed by atoms with E-state index < -0.39 is 0 Å². The fourth-order valence-corrected chi connectivity index (χ4v) is 0.257. The highest BCUT2D eigenvalue weighted by molar-refractivity contribution is 5.09. The van der Waals surface area contributed by atoms with Crippen LogP contribution in [0.25, 0.3) is 0 Å². The van der Waals surface area contributed by atoms with E-state index in [0.717, 1.165) is 0 Å². The predicted octanol–water partition coefficient (Wildman–Crippen LogP) is 1.10. The third-order valence-corrected chi connectivity index (χ3v) is 0.506. The molecule has 0 bridgehead atoms. The zero-order chi connectivity index (χ0) is 4.41. The Morgan fingerprint density at radius 2 is 2.67 bits per heavy atom. The predicted molar refractivity (Wildman–Crippen MR) is 21.5 cm³/mol. The summed E-state index contributed by atoms with van der Waals surface area (Å²) < 4.78 is 4.46. The lowest BCUT2D eigenvalue weighted by Crippen LogP contribution is -1.40. The lowest BCUT2D eigenvalue weighted by molar-refractivity contribution is 0.458. The van der Waals surface area contributed by atoms with Gasteiger partial charge < -0.3 is 9.52 Å². The first kappa shape index (κ1) is 3.28. The highest BCUT2D eigenvalue weighted by Crippen LogP contribution is 2.04. The summed E-state index contributed by atoms with van der Waals surface area (Å²) in [5, 5.41) is 8.38. The molecule has 0 aromatic carbocycles. The second-order valence-corrected chi connectivity index (χ2v) is 0.982. The van der Waals surface area contributed by atoms with Crippen molar-refractivity contribution in [3.05, 3.63) is 18.6 Å². The highest BCUT2D eigenvalue weighted by Gasteiger charge is 1.79. The van der Waals surface area contributed by atoms with Gasteiger partial charge in [-0.25, -0.2) is 0 Å². The van der Waals surface area contributed by atoms with Crippen molar-refractivity contribution in [1.82, 2.24) is 0 Å². The average Bonchev–Trinajstić information content (AvgIpc) is 1.86. The van der Waals surface area contributed by atoms with Crippen molar-refractivity contribution in [2.24, 2.45) is 0 Å². The van der Waals surface area contributed by atoms with Gasteiger partial charge in [0.25, 0.3) is 0 Å². The van der Waals surface area contributed by atoms with Crippen molar-refractivity contribution in [2.75, 3.05) is 0 Å². The van der Waals surface area contributed by atoms with E-state index in [9.17, 15) is 0 Å². The maximum atomic E-state index is 8.38. The first-order valence-corrected chi connectivity index (χ1v) is 1.61. The zero-order valence-electron chi connectivity index (χ0n) is 4.09. The zero-order valence-corrected chi connectivity index (χ0v) is 3.09. The van der Waals surface area contributed by atoms with Crippen LogP contribution in [-0.4, -0.2) is 5.11 Å². The summed E-state index contributed by atoms with van der Waals surface area (Å²) in [6, 6.07) is 1.47. The number of hydrogen-bond acceptors (Lipinski definition) is 2. The van der Waals surface area contributed by atoms with Crippen molar-refractivity contribution in [1.29, 1.82) is 0 Å². The molecule has 0 spiro atoms. The molecule has 0 aliphatic carbocycles. The van der Waals surface area contributed by atoms with Crippen molar-refractivity contribution >= 4 is 0 Å². The van der Waals surface area contributed by atoms with Gasteiger partial charge in [-0.05, 0) is 0 Å². The summed E-state index contributed by atoms with van der Waals surface area (Å²) in [7, 11) is 0. The van der Waals surface area contributed by atoms with E-state index in [1.807, 2.05) is 0 Å². The molecule has 0 amide bonds. The lowest BCUT2D eigenvalue weighted by atomic mass is 10.6. The van der Waals surface area contributed by atoms with E-state index in [0.29, 0.717) is 0 Å². The summed E-state index contributed by atoms with van der Waals surface area (Å²) in [4.78, 5) is 0. The van der Waals surface area contributed by atoms with E-state index in [4.69, 9.17) is 5.11 Å². The topological polar surface area (TPSA) is 33.4 Å². The summed E-state index contributed by atoms with van der Waals surface area (Å²) in [5.41, 5.74) is 0. The molecule has 1 aromatic heterocycles. The van der Waals surface area contributed by atoms with Gasteiger partial charge >= 0.3 is 1.43 Å². The van der Waals surface area contributed by atoms with E-state index in [2.05, 4.69) is 4.42 Å². The molecular weight excluding hydrogens is 80.0 g/mol. The van der Waals surface area contributed by atoms with Crippen LogP contribution in [0, 0.1) is 0 Å². The lowest BCUT2D eigenvalue weighted by Gasteiger charge is -1.66. The number of furan rings is 1. The smallest absolute Gasteiger partial charge is 0.505 e. The molecule has 2 nitrogen and oxygen atoms in total. The van der Waals surface area contributed by atoms with E-state index in [1.54, 1.807) is 0 Å². The van der Waals surface area contributed by atoms with Gasteiger partial charge in [0.05, 0.1) is 6.26 Å². The molecule has 1 heterocycles. The van der Waals surface area contributed by atoms with Crippen LogP contribution in [0.5, 0.6) is 5.75 Å². The van der Waals surface area contributed by atoms with E-state index in [1.165, 1.54) is 18.6 Å². The molecule has 0 saturated carbocycles. The largest absolute Gasteiger partial charge is 1.00 e. The number of rotatable bonds is 0. The Balaban J connectivity index is 0.000000360. The molecule has 1 rings (SSSR count). The van der Waals surface area contributed by atoms with Crippen LogP contribution in [0.1, 0.15) is 1.43 Å². The summed E-state index contributed by atoms with van der Waals surface area (Å²) in [5.74, 6) is 0.176. The van der Waals surface area contributed by atoms with Crippen LogP contribution in [0.15, 0.2) is 23.0 Å². The molecule has 32 valence electrons. The van der Waals surface area contributed by atoms with Crippen LogP contribution in [0.4, 0.5) is 0 Å². The summed E-state index contributed by atoms with van der Waals surface area (Å²) >= 11 is 0. The first-order chi connectivity index (χ1) is 2.89. The Kier molecular flexibility index (Phi) is 0.572. The SMILES string of the molecule is Oc1ccoc1.[H+]. The molecule has 0 aliphatic heterocycles. The van der Waals surface area contributed by atoms with Gasteiger partial charge in [-0.1, -0.05) is 0 Å². The Morgan fingerprint density at radius 1 is 1.83 bits per heavy atom. The minimum Gasteiger partial charge on any atom is -0.505 e. The average molecular weight is 85.1 g/mol. The van der Waals surface area contributed by atoms with Crippen LogP contribution in [0.3, 0.4) is 0 Å². The fourth-order valence-electron chi connectivity index (χ4n) is 0.257. The molecular formula is C4H5O2+. The molecule has 6 heavy (non-hydrogen) atoms. The first-order valence-electron chi connectivity index (χ1n) is 1.61. The molecule has 1 aromatic rings. The number of hydrogen-bond donors (Lipinski definition) is 1. The molecule has 0 radical (unpaired) electrons. The van der Waals surface area contributed by atoms with Crippen LogP contribution in [-0.2, 0) is 0 Å². The summed E-state index contributed by atoms with van der Waals surface area (Å²) in [6.07, 6.45) is 2.68. The third-order valence-electron chi connectivity index (χ3n) is 0.506. The van der Waals surface area contributed by atoms with Gasteiger partial charge in [0, 0.05) is 6.07 Å². The van der Waals surface area contributed by atoms with Crippen molar-refractivity contribution in [2.45, 2.75) is 0 Å². The quantitative estimate of drug-likeness (QED) is 0.511. The van der Waals surface area contributed by atoms with Gasteiger partial charge in [0.15, 0.2) is 5.75 Å². The fraction of sp³-hybridized carbons (Fsp3) is 0. The Morgan fingerprint density at radius 3 is 2.83 bits per heavy atom. The van der Waals surface area contributed by atoms with Gasteiger partial charge in [0.2, 0.25) is 0 Å². The second kappa shape index (κ2) is 1.05. The van der Waals surface area contributed by atoms with Gasteiger partial charge in [-0.15, -0.1) is 0 Å². The molecule has 0 saturated heterocycles. The second-order valence-electron chi connectivity index (χ2n) is 0.982. The highest BCUT2D eigenvalue weighted by atomic mass is 16.3. The molecule has 0 fully saturated rings. The van der Waals surface area contributed by atoms with Gasteiger partial charge in [0.1, 0.15) is 6.26 Å². The minimum atomic E-state index is 0. The maximum Gasteiger partial charge on any atom is 1.00 e. The Labute approximate surface area is 36.5 Å². The van der Waals surface area contributed by atoms with Crippen molar-refractivity contribution in [3.8, 4) is 5.75 Å². The summed E-state index contributed by atoms with van der Waals surface area (Å²) in [6.45, 7) is 0. The standard InChI is InChI=1S/C4H4O2/c5-4-1-2-6-3-4/h1-3,5H/p+1. The van der Waals surface area contributed by atoms with Crippen LogP contribution >= 0.6 is 0 Å². The minimum absolute atomic E-state index is 0. The Bertz CT molecular complexity index is 113. The molecule has 1 N–H and O–H groups in total. The maximum absolute atomic E-state index is 8.38. The van der Waals surface area contributed by atoms with Crippen molar-refractivity contribution in [3.63, 3.8) is 0 Å². The third kappa shape index (κ3) is 0.360. The molecule has 2 heteroatoms. The van der Waals surface area contributed by atoms with Crippen LogP contribution in [0.2, 0.25) is 0 Å². The molecule has 0 aliphatic rings. The van der Waals surface area contributed by atoms with E-state index >= 15 is 0 Å². The monoisotopic (exact) mass is 85.0 g/mol. The normalized spacial score (nSPS) is 8.67.